The van der Waals surface area contributed by atoms with Gasteiger partial charge in [-0.15, -0.1) is 0 Å². The Morgan fingerprint density at radius 1 is 0.977 bits per heavy atom. The lowest BCUT2D eigenvalue weighted by Crippen LogP contribution is -2.52. The number of hydrogen-bond donors (Lipinski definition) is 1. The number of hydrogen-bond acceptors (Lipinski definition) is 8. The summed E-state index contributed by atoms with van der Waals surface area (Å²) in [6.07, 6.45) is 2.36. The SMILES string of the molecule is CO[C@@H]1CN(Cc2ccc3nc(C4CCOCC4)ccc3c2)C[C@H]1Oc1ccc2c(c1)CN(C1CCC(=O)NC1=O)C2=O. The van der Waals surface area contributed by atoms with Gasteiger partial charge < -0.3 is 19.1 Å². The van der Waals surface area contributed by atoms with Gasteiger partial charge in [0.25, 0.3) is 5.91 Å². The van der Waals surface area contributed by atoms with Crippen LogP contribution >= 0.6 is 0 Å². The number of pyridine rings is 1. The lowest BCUT2D eigenvalue weighted by atomic mass is 9.95. The summed E-state index contributed by atoms with van der Waals surface area (Å²) in [5, 5.41) is 3.49. The number of aromatic nitrogens is 1. The van der Waals surface area contributed by atoms with E-state index in [2.05, 4.69) is 40.5 Å². The molecule has 0 bridgehead atoms. The minimum Gasteiger partial charge on any atom is -0.486 e. The summed E-state index contributed by atoms with van der Waals surface area (Å²) in [5.74, 6) is 0.244. The van der Waals surface area contributed by atoms with E-state index in [0.717, 1.165) is 61.3 Å². The van der Waals surface area contributed by atoms with E-state index in [1.165, 1.54) is 5.56 Å². The van der Waals surface area contributed by atoms with Gasteiger partial charge >= 0.3 is 0 Å². The summed E-state index contributed by atoms with van der Waals surface area (Å²) in [5.41, 5.74) is 4.79. The van der Waals surface area contributed by atoms with Crippen LogP contribution in [0.2, 0.25) is 0 Å². The predicted molar refractivity (Wildman–Crippen MR) is 158 cm³/mol. The standard InChI is InChI=1S/C33H36N4O6/c1-41-29-18-36(16-20-2-6-27-22(14-20)3-7-26(34-27)21-10-12-42-13-11-21)19-30(29)43-24-4-5-25-23(15-24)17-37(33(25)40)28-8-9-31(38)35-32(28)39/h2-7,14-15,21,28-30H,8-13,16-19H2,1H3,(H,35,38,39)/t28?,29-,30-/m1/s1. The van der Waals surface area contributed by atoms with Crippen molar-refractivity contribution in [2.45, 2.75) is 62.9 Å². The van der Waals surface area contributed by atoms with Crippen molar-refractivity contribution >= 4 is 28.6 Å². The molecule has 0 saturated carbocycles. The van der Waals surface area contributed by atoms with Crippen LogP contribution in [-0.4, -0.2) is 84.2 Å². The van der Waals surface area contributed by atoms with Crippen molar-refractivity contribution in [1.29, 1.82) is 0 Å². The maximum absolute atomic E-state index is 13.0. The molecule has 3 amide bonds. The fourth-order valence-electron chi connectivity index (χ4n) is 6.85. The van der Waals surface area contributed by atoms with Crippen LogP contribution in [0.4, 0.5) is 0 Å². The summed E-state index contributed by atoms with van der Waals surface area (Å²) in [7, 11) is 1.71. The van der Waals surface area contributed by atoms with Crippen molar-refractivity contribution in [1.82, 2.24) is 20.1 Å². The maximum Gasteiger partial charge on any atom is 0.255 e. The van der Waals surface area contributed by atoms with Gasteiger partial charge in [0.1, 0.15) is 24.0 Å². The molecule has 10 heteroatoms. The minimum atomic E-state index is -0.636. The van der Waals surface area contributed by atoms with Crippen LogP contribution in [0, 0.1) is 0 Å². The van der Waals surface area contributed by atoms with E-state index in [4.69, 9.17) is 19.2 Å². The first-order valence-corrected chi connectivity index (χ1v) is 15.1. The lowest BCUT2D eigenvalue weighted by Gasteiger charge is -2.29. The van der Waals surface area contributed by atoms with Gasteiger partial charge in [0.05, 0.1) is 5.52 Å². The third-order valence-corrected chi connectivity index (χ3v) is 9.20. The number of imide groups is 1. The fraction of sp³-hybridized carbons (Fsp3) is 0.455. The third kappa shape index (κ3) is 5.62. The van der Waals surface area contributed by atoms with Gasteiger partial charge in [-0.2, -0.15) is 0 Å². The highest BCUT2D eigenvalue weighted by Crippen LogP contribution is 2.32. The molecule has 0 spiro atoms. The Kier molecular flexibility index (Phi) is 7.58. The van der Waals surface area contributed by atoms with E-state index in [9.17, 15) is 14.4 Å². The van der Waals surface area contributed by atoms with Crippen LogP contribution in [0.15, 0.2) is 48.5 Å². The second-order valence-corrected chi connectivity index (χ2v) is 12.0. The largest absolute Gasteiger partial charge is 0.486 e. The number of methoxy groups -OCH3 is 1. The highest BCUT2D eigenvalue weighted by atomic mass is 16.5. The van der Waals surface area contributed by atoms with Gasteiger partial charge in [-0.1, -0.05) is 12.1 Å². The number of likely N-dealkylation sites (tertiary alicyclic amines) is 1. The zero-order valence-corrected chi connectivity index (χ0v) is 24.3. The number of carbonyl (C=O) groups is 3. The van der Waals surface area contributed by atoms with E-state index < -0.39 is 11.9 Å². The molecule has 2 aromatic carbocycles. The summed E-state index contributed by atoms with van der Waals surface area (Å²) in [6.45, 7) is 4.15. The van der Waals surface area contributed by atoms with E-state index in [-0.39, 0.29) is 30.4 Å². The summed E-state index contributed by atoms with van der Waals surface area (Å²) < 4.78 is 17.7. The molecule has 1 aromatic heterocycles. The molecule has 7 rings (SSSR count). The van der Waals surface area contributed by atoms with Gasteiger partial charge in [-0.05, 0) is 66.8 Å². The number of fused-ring (bicyclic) bond motifs is 2. The van der Waals surface area contributed by atoms with Gasteiger partial charge in [0, 0.05) is 75.5 Å². The molecule has 3 aromatic rings. The van der Waals surface area contributed by atoms with Crippen LogP contribution in [-0.2, 0) is 32.2 Å². The Hall–Kier alpha value is -3.86. The monoisotopic (exact) mass is 584 g/mol. The number of amides is 3. The van der Waals surface area contributed by atoms with Crippen LogP contribution in [0.5, 0.6) is 5.75 Å². The van der Waals surface area contributed by atoms with Crippen molar-refractivity contribution in [3.8, 4) is 5.75 Å². The highest BCUT2D eigenvalue weighted by Gasteiger charge is 2.40. The van der Waals surface area contributed by atoms with Gasteiger partial charge in [0.15, 0.2) is 0 Å². The number of benzene rings is 2. The van der Waals surface area contributed by atoms with Gasteiger partial charge in [-0.25, -0.2) is 0 Å². The average molecular weight is 585 g/mol. The Balaban J connectivity index is 0.999. The van der Waals surface area contributed by atoms with Crippen molar-refractivity contribution in [2.24, 2.45) is 0 Å². The minimum absolute atomic E-state index is 0.0981. The molecule has 3 saturated heterocycles. The van der Waals surface area contributed by atoms with Gasteiger partial charge in [-0.3, -0.25) is 29.6 Å². The quantitative estimate of drug-likeness (QED) is 0.422. The Bertz CT molecular complexity index is 1570. The van der Waals surface area contributed by atoms with Crippen LogP contribution < -0.4 is 10.1 Å². The zero-order valence-electron chi connectivity index (χ0n) is 24.3. The zero-order chi connectivity index (χ0) is 29.5. The predicted octanol–water partition coefficient (Wildman–Crippen LogP) is 3.17. The number of ether oxygens (including phenoxy) is 3. The molecule has 10 nitrogen and oxygen atoms in total. The summed E-state index contributed by atoms with van der Waals surface area (Å²) in [6, 6.07) is 15.7. The average Bonchev–Trinajstić information content (AvgIpc) is 3.56. The third-order valence-electron chi connectivity index (χ3n) is 9.20. The first-order chi connectivity index (χ1) is 20.9. The molecule has 5 heterocycles. The lowest BCUT2D eigenvalue weighted by molar-refractivity contribution is -0.136. The summed E-state index contributed by atoms with van der Waals surface area (Å²) >= 11 is 0. The van der Waals surface area contributed by atoms with Crippen LogP contribution in [0.1, 0.15) is 58.8 Å². The Morgan fingerprint density at radius 3 is 2.63 bits per heavy atom. The topological polar surface area (TPSA) is 110 Å². The normalized spacial score (nSPS) is 24.9. The Labute approximate surface area is 250 Å². The second kappa shape index (κ2) is 11.7. The van der Waals surface area contributed by atoms with E-state index >= 15 is 0 Å². The fourth-order valence-corrected chi connectivity index (χ4v) is 6.85. The van der Waals surface area contributed by atoms with Crippen molar-refractivity contribution in [2.75, 3.05) is 33.4 Å². The number of carbonyl (C=O) groups excluding carboxylic acids is 3. The Morgan fingerprint density at radius 2 is 1.81 bits per heavy atom. The molecule has 0 aliphatic carbocycles. The molecular formula is C33H36N4O6. The first-order valence-electron chi connectivity index (χ1n) is 15.1. The number of piperidine rings is 1. The van der Waals surface area contributed by atoms with Crippen LogP contribution in [0.3, 0.4) is 0 Å². The maximum atomic E-state index is 13.0. The number of nitrogens with one attached hydrogen (secondary N) is 1. The molecule has 3 atom stereocenters. The molecule has 0 radical (unpaired) electrons. The first kappa shape index (κ1) is 27.9. The van der Waals surface area contributed by atoms with E-state index in [1.807, 2.05) is 12.1 Å². The molecule has 43 heavy (non-hydrogen) atoms. The number of rotatable bonds is 7. The van der Waals surface area contributed by atoms with Gasteiger partial charge in [0.2, 0.25) is 11.8 Å². The number of nitrogens with zero attached hydrogens (tertiary/aromatic N) is 3. The molecule has 3 fully saturated rings. The van der Waals surface area contributed by atoms with E-state index in [1.54, 1.807) is 18.1 Å². The van der Waals surface area contributed by atoms with Crippen LogP contribution in [0.25, 0.3) is 10.9 Å². The van der Waals surface area contributed by atoms with Crippen molar-refractivity contribution in [3.05, 3.63) is 70.9 Å². The molecular weight excluding hydrogens is 548 g/mol. The molecule has 4 aliphatic rings. The van der Waals surface area contributed by atoms with E-state index in [0.29, 0.717) is 36.7 Å². The molecule has 4 aliphatic heterocycles. The molecule has 1 unspecified atom stereocenters. The van der Waals surface area contributed by atoms with Crippen molar-refractivity contribution in [3.63, 3.8) is 0 Å². The second-order valence-electron chi connectivity index (χ2n) is 12.0. The van der Waals surface area contributed by atoms with Crippen molar-refractivity contribution < 1.29 is 28.6 Å². The molecule has 1 N–H and O–H groups in total. The highest BCUT2D eigenvalue weighted by molar-refractivity contribution is 6.05. The smallest absolute Gasteiger partial charge is 0.255 e. The molecule has 224 valence electrons. The summed E-state index contributed by atoms with van der Waals surface area (Å²) in [4.78, 5) is 45.8.